The van der Waals surface area contributed by atoms with E-state index < -0.39 is 0 Å². The first-order valence-electron chi connectivity index (χ1n) is 11.6. The summed E-state index contributed by atoms with van der Waals surface area (Å²) < 4.78 is 7.30. The lowest BCUT2D eigenvalue weighted by Crippen LogP contribution is -2.30. The van der Waals surface area contributed by atoms with Gasteiger partial charge >= 0.3 is 0 Å². The zero-order valence-corrected chi connectivity index (χ0v) is 18.8. The average molecular weight is 433 g/mol. The summed E-state index contributed by atoms with van der Waals surface area (Å²) in [4.78, 5) is 15.7. The van der Waals surface area contributed by atoms with Crippen LogP contribution in [0.15, 0.2) is 60.8 Å². The number of ether oxygens (including phenoxy) is 1. The fraction of sp³-hybridized carbons (Fsp3) is 0.385. The van der Waals surface area contributed by atoms with Crippen molar-refractivity contribution in [3.63, 3.8) is 0 Å². The topological polar surface area (TPSA) is 59.4 Å². The summed E-state index contributed by atoms with van der Waals surface area (Å²) in [6.45, 7) is 4.03. The molecule has 0 radical (unpaired) electrons. The van der Waals surface area contributed by atoms with Crippen molar-refractivity contribution in [2.75, 3.05) is 33.3 Å². The van der Waals surface area contributed by atoms with Gasteiger partial charge in [-0.15, -0.1) is 0 Å². The van der Waals surface area contributed by atoms with Crippen LogP contribution in [0.25, 0.3) is 16.9 Å². The molecule has 6 nitrogen and oxygen atoms in total. The first-order chi connectivity index (χ1) is 15.8. The number of rotatable bonds is 8. The molecule has 1 amide bonds. The maximum atomic E-state index is 13.2. The van der Waals surface area contributed by atoms with Crippen molar-refractivity contribution in [1.82, 2.24) is 20.0 Å². The van der Waals surface area contributed by atoms with Crippen LogP contribution < -0.4 is 10.1 Å². The molecule has 1 saturated heterocycles. The lowest BCUT2D eigenvalue weighted by atomic mass is 10.1. The van der Waals surface area contributed by atoms with Gasteiger partial charge in [-0.25, -0.2) is 4.68 Å². The Kier molecular flexibility index (Phi) is 7.56. The van der Waals surface area contributed by atoms with Gasteiger partial charge in [0.1, 0.15) is 11.4 Å². The van der Waals surface area contributed by atoms with Gasteiger partial charge in [0, 0.05) is 18.3 Å². The van der Waals surface area contributed by atoms with Gasteiger partial charge in [-0.05, 0) is 63.2 Å². The molecule has 1 aliphatic heterocycles. The Morgan fingerprint density at radius 1 is 1.00 bits per heavy atom. The Labute approximate surface area is 190 Å². The van der Waals surface area contributed by atoms with Crippen molar-refractivity contribution in [3.05, 3.63) is 66.4 Å². The summed E-state index contributed by atoms with van der Waals surface area (Å²) in [5.41, 5.74) is 2.88. The molecule has 2 aromatic carbocycles. The van der Waals surface area contributed by atoms with Crippen molar-refractivity contribution in [1.29, 1.82) is 0 Å². The molecule has 3 aromatic rings. The minimum absolute atomic E-state index is 0.107. The molecule has 32 heavy (non-hydrogen) atoms. The molecule has 0 aliphatic carbocycles. The minimum atomic E-state index is -0.107. The number of amides is 1. The Balaban J connectivity index is 1.51. The molecule has 168 valence electrons. The number of likely N-dealkylation sites (tertiary alicyclic amines) is 1. The normalized spacial score (nSPS) is 14.7. The average Bonchev–Trinajstić information content (AvgIpc) is 3.12. The van der Waals surface area contributed by atoms with Crippen LogP contribution in [-0.2, 0) is 0 Å². The second-order valence-corrected chi connectivity index (χ2v) is 8.24. The van der Waals surface area contributed by atoms with E-state index in [4.69, 9.17) is 9.84 Å². The third-order valence-corrected chi connectivity index (χ3v) is 5.98. The molecule has 1 aromatic heterocycles. The predicted molar refractivity (Wildman–Crippen MR) is 127 cm³/mol. The van der Waals surface area contributed by atoms with Crippen molar-refractivity contribution in [2.24, 2.45) is 0 Å². The van der Waals surface area contributed by atoms with Crippen LogP contribution in [0.5, 0.6) is 5.75 Å². The number of hydrogen-bond donors (Lipinski definition) is 1. The van der Waals surface area contributed by atoms with E-state index in [1.807, 2.05) is 54.6 Å². The van der Waals surface area contributed by atoms with Crippen molar-refractivity contribution in [2.45, 2.75) is 32.1 Å². The summed E-state index contributed by atoms with van der Waals surface area (Å²) >= 11 is 0. The maximum Gasteiger partial charge on any atom is 0.255 e. The molecule has 0 unspecified atom stereocenters. The molecule has 1 N–H and O–H groups in total. The van der Waals surface area contributed by atoms with Crippen LogP contribution in [-0.4, -0.2) is 53.9 Å². The number of para-hydroxylation sites is 2. The van der Waals surface area contributed by atoms with E-state index in [-0.39, 0.29) is 5.91 Å². The van der Waals surface area contributed by atoms with Crippen LogP contribution in [0.2, 0.25) is 0 Å². The van der Waals surface area contributed by atoms with Crippen molar-refractivity contribution in [3.8, 4) is 22.7 Å². The fourth-order valence-electron chi connectivity index (χ4n) is 4.25. The van der Waals surface area contributed by atoms with E-state index in [2.05, 4.69) is 10.2 Å². The van der Waals surface area contributed by atoms with Crippen LogP contribution in [0, 0.1) is 0 Å². The monoisotopic (exact) mass is 432 g/mol. The molecule has 0 saturated carbocycles. The van der Waals surface area contributed by atoms with Gasteiger partial charge in [-0.1, -0.05) is 43.2 Å². The maximum absolute atomic E-state index is 13.2. The highest BCUT2D eigenvalue weighted by Crippen LogP contribution is 2.31. The van der Waals surface area contributed by atoms with Gasteiger partial charge in [0.2, 0.25) is 0 Å². The standard InChI is InChI=1S/C26H32N4O2/c1-32-24-15-8-7-14-22(24)25-23(20-30(28-25)21-12-5-4-6-13-21)26(31)27-16-11-19-29-17-9-2-3-10-18-29/h4-8,12-15,20H,2-3,9-11,16-19H2,1H3,(H,27,31). The third-order valence-electron chi connectivity index (χ3n) is 5.98. The van der Waals surface area contributed by atoms with E-state index in [9.17, 15) is 4.79 Å². The van der Waals surface area contributed by atoms with Gasteiger partial charge < -0.3 is 15.0 Å². The van der Waals surface area contributed by atoms with Gasteiger partial charge in [0.05, 0.1) is 18.4 Å². The molecular weight excluding hydrogens is 400 g/mol. The van der Waals surface area contributed by atoms with Crippen LogP contribution in [0.4, 0.5) is 0 Å². The highest BCUT2D eigenvalue weighted by Gasteiger charge is 2.21. The third kappa shape index (κ3) is 5.37. The van der Waals surface area contributed by atoms with E-state index in [1.165, 1.54) is 38.8 Å². The molecule has 0 bridgehead atoms. The quantitative estimate of drug-likeness (QED) is 0.531. The number of benzene rings is 2. The smallest absolute Gasteiger partial charge is 0.255 e. The first kappa shape index (κ1) is 22.1. The molecule has 4 rings (SSSR count). The highest BCUT2D eigenvalue weighted by atomic mass is 16.5. The Hall–Kier alpha value is -3.12. The lowest BCUT2D eigenvalue weighted by molar-refractivity contribution is 0.0952. The lowest BCUT2D eigenvalue weighted by Gasteiger charge is -2.19. The molecule has 0 atom stereocenters. The van der Waals surface area contributed by atoms with Crippen molar-refractivity contribution < 1.29 is 9.53 Å². The van der Waals surface area contributed by atoms with Gasteiger partial charge in [-0.3, -0.25) is 4.79 Å². The van der Waals surface area contributed by atoms with E-state index >= 15 is 0 Å². The summed E-state index contributed by atoms with van der Waals surface area (Å²) in [6.07, 6.45) is 8.00. The molecular formula is C26H32N4O2. The summed E-state index contributed by atoms with van der Waals surface area (Å²) in [6, 6.07) is 17.5. The summed E-state index contributed by atoms with van der Waals surface area (Å²) in [5.74, 6) is 0.588. The second kappa shape index (κ2) is 11.0. The number of carbonyl (C=O) groups excluding carboxylic acids is 1. The Morgan fingerprint density at radius 2 is 1.72 bits per heavy atom. The summed E-state index contributed by atoms with van der Waals surface area (Å²) in [7, 11) is 1.63. The van der Waals surface area contributed by atoms with Crippen LogP contribution in [0.3, 0.4) is 0 Å². The van der Waals surface area contributed by atoms with Crippen LogP contribution in [0.1, 0.15) is 42.5 Å². The SMILES string of the molecule is COc1ccccc1-c1nn(-c2ccccc2)cc1C(=O)NCCCN1CCCCCC1. The number of hydrogen-bond acceptors (Lipinski definition) is 4. The zero-order chi connectivity index (χ0) is 22.2. The molecule has 2 heterocycles. The number of carbonyl (C=O) groups is 1. The Bertz CT molecular complexity index is 1010. The number of nitrogens with one attached hydrogen (secondary N) is 1. The molecule has 0 spiro atoms. The van der Waals surface area contributed by atoms with Crippen molar-refractivity contribution >= 4 is 5.91 Å². The molecule has 6 heteroatoms. The number of aromatic nitrogens is 2. The fourth-order valence-corrected chi connectivity index (χ4v) is 4.25. The van der Waals surface area contributed by atoms with Crippen LogP contribution >= 0.6 is 0 Å². The highest BCUT2D eigenvalue weighted by molar-refractivity contribution is 6.00. The summed E-state index contributed by atoms with van der Waals surface area (Å²) in [5, 5.41) is 7.87. The van der Waals surface area contributed by atoms with Gasteiger partial charge in [0.25, 0.3) is 5.91 Å². The largest absolute Gasteiger partial charge is 0.496 e. The second-order valence-electron chi connectivity index (χ2n) is 8.24. The minimum Gasteiger partial charge on any atom is -0.496 e. The zero-order valence-electron chi connectivity index (χ0n) is 18.8. The molecule has 1 fully saturated rings. The first-order valence-corrected chi connectivity index (χ1v) is 11.6. The van der Waals surface area contributed by atoms with Gasteiger partial charge in [-0.2, -0.15) is 5.10 Å². The van der Waals surface area contributed by atoms with E-state index in [1.54, 1.807) is 18.0 Å². The van der Waals surface area contributed by atoms with E-state index in [0.29, 0.717) is 23.6 Å². The van der Waals surface area contributed by atoms with E-state index in [0.717, 1.165) is 24.2 Å². The Morgan fingerprint density at radius 3 is 2.47 bits per heavy atom. The predicted octanol–water partition coefficient (Wildman–Crippen LogP) is 4.54. The molecule has 1 aliphatic rings. The number of methoxy groups -OCH3 is 1. The number of nitrogens with zero attached hydrogens (tertiary/aromatic N) is 3. The van der Waals surface area contributed by atoms with Gasteiger partial charge in [0.15, 0.2) is 0 Å².